The van der Waals surface area contributed by atoms with E-state index in [9.17, 15) is 0 Å². The Morgan fingerprint density at radius 2 is 0.550 bits per heavy atom. The summed E-state index contributed by atoms with van der Waals surface area (Å²) in [5.41, 5.74) is 0. The Hall–Kier alpha value is -0.120. The van der Waals surface area contributed by atoms with Gasteiger partial charge in [0.15, 0.2) is 0 Å². The molecule has 0 aromatic carbocycles. The largest absolute Gasteiger partial charge is 0.327 e. The fraction of sp³-hybridized carbons (Fsp3) is 1.00. The van der Waals surface area contributed by atoms with E-state index in [4.69, 9.17) is 0 Å². The maximum absolute atomic E-state index is 2.59. The Kier molecular flexibility index (Phi) is 27.6. The second-order valence-corrected chi connectivity index (χ2v) is 14.8. The number of rotatable bonds is 32. The third kappa shape index (κ3) is 29.4. The molecular weight excluding hydrogens is 486 g/mol. The fourth-order valence-electron chi connectivity index (χ4n) is 5.98. The molecule has 0 amide bonds. The van der Waals surface area contributed by atoms with E-state index in [1.54, 1.807) is 0 Å². The smallest absolute Gasteiger partial charge is 0.0911 e. The van der Waals surface area contributed by atoms with E-state index in [0.717, 1.165) is 0 Å². The predicted octanol–water partition coefficient (Wildman–Crippen LogP) is 10.5. The van der Waals surface area contributed by atoms with Crippen molar-refractivity contribution in [1.82, 2.24) is 4.90 Å². The van der Waals surface area contributed by atoms with Crippen molar-refractivity contribution in [2.24, 2.45) is 0 Å². The molecule has 0 heterocycles. The summed E-state index contributed by atoms with van der Waals surface area (Å²) in [5.74, 6) is 0. The number of hydrogen-bond donors (Lipinski definition) is 0. The van der Waals surface area contributed by atoms with Crippen LogP contribution < -0.4 is 0 Å². The highest BCUT2D eigenvalue weighted by molar-refractivity contribution is 4.54. The van der Waals surface area contributed by atoms with Gasteiger partial charge in [0.25, 0.3) is 0 Å². The van der Waals surface area contributed by atoms with Crippen molar-refractivity contribution in [3.8, 4) is 0 Å². The first kappa shape index (κ1) is 39.9. The van der Waals surface area contributed by atoms with Gasteiger partial charge in [0.2, 0.25) is 0 Å². The lowest BCUT2D eigenvalue weighted by molar-refractivity contribution is -0.892. The van der Waals surface area contributed by atoms with Gasteiger partial charge in [-0.05, 0) is 32.7 Å². The van der Waals surface area contributed by atoms with E-state index in [1.165, 1.54) is 202 Å². The van der Waals surface area contributed by atoms with Crippen LogP contribution >= 0.6 is 0 Å². The maximum Gasteiger partial charge on any atom is 0.0911 e. The van der Waals surface area contributed by atoms with E-state index in [1.807, 2.05) is 0 Å². The highest BCUT2D eigenvalue weighted by atomic mass is 15.3. The summed E-state index contributed by atoms with van der Waals surface area (Å²) in [6.07, 6.45) is 34.6. The molecule has 0 rings (SSSR count). The van der Waals surface area contributed by atoms with Gasteiger partial charge < -0.3 is 8.97 Å². The first-order valence-corrected chi connectivity index (χ1v) is 18.5. The van der Waals surface area contributed by atoms with Crippen molar-refractivity contribution in [2.45, 2.75) is 168 Å². The second kappa shape index (κ2) is 27.7. The van der Waals surface area contributed by atoms with E-state index in [0.29, 0.717) is 0 Å². The fourth-order valence-corrected chi connectivity index (χ4v) is 5.98. The Bertz CT molecular complexity index is 458. The molecule has 0 unspecified atom stereocenters. The lowest BCUT2D eigenvalue weighted by atomic mass is 10.1. The number of likely N-dealkylation sites (N-methyl/N-ethyl adjacent to an activating group) is 3. The van der Waals surface area contributed by atoms with E-state index < -0.39 is 0 Å². The van der Waals surface area contributed by atoms with Crippen LogP contribution in [-0.4, -0.2) is 88.4 Å². The van der Waals surface area contributed by atoms with Gasteiger partial charge in [-0.1, -0.05) is 142 Å². The van der Waals surface area contributed by atoms with Crippen LogP contribution in [0.5, 0.6) is 0 Å². The molecule has 0 atom stereocenters. The Balaban J connectivity index is 3.66. The normalized spacial score (nSPS) is 12.6. The van der Waals surface area contributed by atoms with Crippen LogP contribution in [0.4, 0.5) is 0 Å². The number of quaternary nitrogens is 2. The SMILES string of the molecule is CCCCCCCCCCCCCC[N+](C)(C)CCN(C)CC[N+](C)(C)CCCCCCCCCCCCCC. The van der Waals surface area contributed by atoms with Gasteiger partial charge >= 0.3 is 0 Å². The monoisotopic (exact) mass is 568 g/mol. The van der Waals surface area contributed by atoms with Crippen LogP contribution in [0.2, 0.25) is 0 Å². The lowest BCUT2D eigenvalue weighted by Crippen LogP contribution is -2.48. The van der Waals surface area contributed by atoms with E-state index in [2.05, 4.69) is 54.0 Å². The zero-order chi connectivity index (χ0) is 29.8. The molecule has 0 fully saturated rings. The molecule has 0 aliphatic heterocycles. The zero-order valence-electron chi connectivity index (χ0n) is 29.6. The minimum atomic E-state index is 1.18. The molecule has 0 radical (unpaired) electrons. The molecule has 0 aliphatic rings. The van der Waals surface area contributed by atoms with Crippen molar-refractivity contribution in [3.63, 3.8) is 0 Å². The third-order valence-corrected chi connectivity index (χ3v) is 9.41. The van der Waals surface area contributed by atoms with Crippen LogP contribution in [-0.2, 0) is 0 Å². The van der Waals surface area contributed by atoms with Crippen molar-refractivity contribution in [2.75, 3.05) is 74.5 Å². The van der Waals surface area contributed by atoms with Gasteiger partial charge in [-0.3, -0.25) is 4.90 Å². The molecule has 0 aliphatic carbocycles. The molecule has 3 heteroatoms. The van der Waals surface area contributed by atoms with Crippen LogP contribution in [0.3, 0.4) is 0 Å². The highest BCUT2D eigenvalue weighted by Crippen LogP contribution is 2.14. The van der Waals surface area contributed by atoms with Crippen molar-refractivity contribution >= 4 is 0 Å². The predicted molar refractivity (Wildman–Crippen MR) is 183 cm³/mol. The molecule has 40 heavy (non-hydrogen) atoms. The van der Waals surface area contributed by atoms with Gasteiger partial charge in [-0.2, -0.15) is 0 Å². The third-order valence-electron chi connectivity index (χ3n) is 9.41. The van der Waals surface area contributed by atoms with Crippen LogP contribution in [0, 0.1) is 0 Å². The number of nitrogens with zero attached hydrogens (tertiary/aromatic N) is 3. The van der Waals surface area contributed by atoms with Crippen LogP contribution in [0.25, 0.3) is 0 Å². The molecule has 242 valence electrons. The molecule has 0 aromatic heterocycles. The second-order valence-electron chi connectivity index (χ2n) is 14.8. The lowest BCUT2D eigenvalue weighted by Gasteiger charge is -2.34. The Morgan fingerprint density at radius 3 is 0.800 bits per heavy atom. The molecular formula is C37H81N3+2. The van der Waals surface area contributed by atoms with E-state index in [-0.39, 0.29) is 0 Å². The summed E-state index contributed by atoms with van der Waals surface area (Å²) in [6.45, 7) is 12.3. The van der Waals surface area contributed by atoms with Gasteiger partial charge in [0.05, 0.1) is 54.4 Å². The highest BCUT2D eigenvalue weighted by Gasteiger charge is 2.18. The zero-order valence-corrected chi connectivity index (χ0v) is 29.6. The topological polar surface area (TPSA) is 3.24 Å². The van der Waals surface area contributed by atoms with Crippen molar-refractivity contribution < 1.29 is 8.97 Å². The summed E-state index contributed by atoms with van der Waals surface area (Å²) >= 11 is 0. The van der Waals surface area contributed by atoms with Crippen LogP contribution in [0.1, 0.15) is 168 Å². The van der Waals surface area contributed by atoms with E-state index >= 15 is 0 Å². The molecule has 3 nitrogen and oxygen atoms in total. The molecule has 0 saturated carbocycles. The maximum atomic E-state index is 2.59. The molecule has 0 bridgehead atoms. The number of hydrogen-bond acceptors (Lipinski definition) is 1. The van der Waals surface area contributed by atoms with Crippen molar-refractivity contribution in [3.05, 3.63) is 0 Å². The number of unbranched alkanes of at least 4 members (excludes halogenated alkanes) is 22. The first-order chi connectivity index (χ1) is 19.2. The van der Waals surface area contributed by atoms with Crippen molar-refractivity contribution in [1.29, 1.82) is 0 Å². The summed E-state index contributed by atoms with van der Waals surface area (Å²) < 4.78 is 2.36. The minimum Gasteiger partial charge on any atom is -0.327 e. The summed E-state index contributed by atoms with van der Waals surface area (Å²) in [5, 5.41) is 0. The quantitative estimate of drug-likeness (QED) is 0.0577. The molecule has 0 N–H and O–H groups in total. The molecule has 0 saturated heterocycles. The Morgan fingerprint density at radius 1 is 0.325 bits per heavy atom. The Labute approximate surface area is 256 Å². The van der Waals surface area contributed by atoms with Gasteiger partial charge in [0.1, 0.15) is 0 Å². The average Bonchev–Trinajstić information content (AvgIpc) is 2.92. The van der Waals surface area contributed by atoms with Crippen LogP contribution in [0.15, 0.2) is 0 Å². The standard InChI is InChI=1S/C37H81N3/c1-8-10-12-14-16-18-20-22-24-26-28-30-34-39(4,5)36-32-38(3)33-37-40(6,7)35-31-29-27-25-23-21-19-17-15-13-11-9-2/h8-37H2,1-7H3/q+2. The average molecular weight is 568 g/mol. The summed E-state index contributed by atoms with van der Waals surface area (Å²) in [6, 6.07) is 0. The van der Waals surface area contributed by atoms with Gasteiger partial charge in [0, 0.05) is 13.1 Å². The minimum absolute atomic E-state index is 1.18. The molecule has 0 spiro atoms. The van der Waals surface area contributed by atoms with Gasteiger partial charge in [-0.15, -0.1) is 0 Å². The van der Waals surface area contributed by atoms with Gasteiger partial charge in [-0.25, -0.2) is 0 Å². The molecule has 0 aromatic rings. The first-order valence-electron chi connectivity index (χ1n) is 18.5. The summed E-state index contributed by atoms with van der Waals surface area (Å²) in [4.78, 5) is 2.59. The summed E-state index contributed by atoms with van der Waals surface area (Å²) in [7, 11) is 12.1.